The average molecular weight is 353 g/mol. The molecule has 2 aromatic rings. The fourth-order valence-electron chi connectivity index (χ4n) is 3.28. The molecular weight excluding hydrogens is 326 g/mol. The Hall–Kier alpha value is -2.53. The molecule has 1 fully saturated rings. The lowest BCUT2D eigenvalue weighted by atomic mass is 10.1. The van der Waals surface area contributed by atoms with E-state index in [0.717, 1.165) is 32.7 Å². The Morgan fingerprint density at radius 1 is 1.08 bits per heavy atom. The van der Waals surface area contributed by atoms with Crippen molar-refractivity contribution in [1.82, 2.24) is 4.90 Å². The molecular formula is C21H27N3O2. The Labute approximate surface area is 155 Å². The van der Waals surface area contributed by atoms with E-state index in [1.165, 1.54) is 5.69 Å². The third-order valence-electron chi connectivity index (χ3n) is 4.78. The van der Waals surface area contributed by atoms with Crippen LogP contribution in [0, 0.1) is 0 Å². The number of nitrogens with two attached hydrogens (primary N) is 1. The molecule has 1 aliphatic heterocycles. The smallest absolute Gasteiger partial charge is 0.164 e. The van der Waals surface area contributed by atoms with Gasteiger partial charge in [0, 0.05) is 50.4 Å². The molecule has 2 N–H and O–H groups in total. The summed E-state index contributed by atoms with van der Waals surface area (Å²) in [6.07, 6.45) is 0.513. The number of piperazine rings is 1. The van der Waals surface area contributed by atoms with E-state index in [1.807, 2.05) is 13.0 Å². The molecule has 1 heterocycles. The zero-order valence-electron chi connectivity index (χ0n) is 15.4. The van der Waals surface area contributed by atoms with Gasteiger partial charge in [-0.2, -0.15) is 0 Å². The normalized spacial score (nSPS) is 15.0. The van der Waals surface area contributed by atoms with E-state index in [2.05, 4.69) is 34.1 Å². The van der Waals surface area contributed by atoms with E-state index in [-0.39, 0.29) is 5.78 Å². The summed E-state index contributed by atoms with van der Waals surface area (Å²) in [5.74, 6) is 0.770. The van der Waals surface area contributed by atoms with Gasteiger partial charge in [-0.15, -0.1) is 0 Å². The Balaban J connectivity index is 1.47. The van der Waals surface area contributed by atoms with Crippen LogP contribution in [-0.2, 0) is 0 Å². The highest BCUT2D eigenvalue weighted by atomic mass is 16.5. The number of Topliss-reactive ketones (excluding diaryl/α,β-unsaturated/α-hetero) is 1. The molecule has 5 nitrogen and oxygen atoms in total. The minimum absolute atomic E-state index is 0.130. The molecule has 0 unspecified atom stereocenters. The van der Waals surface area contributed by atoms with Crippen molar-refractivity contribution in [3.63, 3.8) is 0 Å². The van der Waals surface area contributed by atoms with Crippen LogP contribution in [0.4, 0.5) is 11.4 Å². The third kappa shape index (κ3) is 4.55. The van der Waals surface area contributed by atoms with Gasteiger partial charge < -0.3 is 15.4 Å². The highest BCUT2D eigenvalue weighted by Crippen LogP contribution is 2.23. The van der Waals surface area contributed by atoms with Crippen LogP contribution in [0.5, 0.6) is 5.75 Å². The SMILES string of the molecule is CCOc1ccc(C(=O)CCN2CCN(c3ccccc3)CC2)cc1N. The molecule has 0 radical (unpaired) electrons. The molecule has 1 aliphatic rings. The number of hydrogen-bond acceptors (Lipinski definition) is 5. The minimum Gasteiger partial charge on any atom is -0.492 e. The zero-order chi connectivity index (χ0) is 18.4. The van der Waals surface area contributed by atoms with Crippen LogP contribution in [0.3, 0.4) is 0 Å². The number of para-hydroxylation sites is 1. The molecule has 0 aliphatic carbocycles. The fraction of sp³-hybridized carbons (Fsp3) is 0.381. The topological polar surface area (TPSA) is 58.8 Å². The van der Waals surface area contributed by atoms with Crippen molar-refractivity contribution in [2.75, 3.05) is 50.0 Å². The fourth-order valence-corrected chi connectivity index (χ4v) is 3.28. The third-order valence-corrected chi connectivity index (χ3v) is 4.78. The molecule has 0 spiro atoms. The number of ketones is 1. The monoisotopic (exact) mass is 353 g/mol. The number of benzene rings is 2. The van der Waals surface area contributed by atoms with Crippen molar-refractivity contribution in [2.45, 2.75) is 13.3 Å². The maximum absolute atomic E-state index is 12.5. The van der Waals surface area contributed by atoms with E-state index >= 15 is 0 Å². The van der Waals surface area contributed by atoms with Gasteiger partial charge in [0.15, 0.2) is 5.78 Å². The highest BCUT2D eigenvalue weighted by Gasteiger charge is 2.18. The van der Waals surface area contributed by atoms with Gasteiger partial charge in [-0.3, -0.25) is 9.69 Å². The second-order valence-corrected chi connectivity index (χ2v) is 6.52. The summed E-state index contributed by atoms with van der Waals surface area (Å²) in [5, 5.41) is 0. The number of carbonyl (C=O) groups excluding carboxylic acids is 1. The second kappa shape index (κ2) is 8.72. The molecule has 0 atom stereocenters. The van der Waals surface area contributed by atoms with Crippen LogP contribution in [0.15, 0.2) is 48.5 Å². The molecule has 26 heavy (non-hydrogen) atoms. The van der Waals surface area contributed by atoms with Crippen LogP contribution >= 0.6 is 0 Å². The summed E-state index contributed by atoms with van der Waals surface area (Å²) in [6, 6.07) is 15.8. The van der Waals surface area contributed by atoms with Gasteiger partial charge in [0.1, 0.15) is 5.75 Å². The quantitative estimate of drug-likeness (QED) is 0.612. The van der Waals surface area contributed by atoms with Crippen LogP contribution < -0.4 is 15.4 Å². The summed E-state index contributed by atoms with van der Waals surface area (Å²) in [4.78, 5) is 17.2. The predicted octanol–water partition coefficient (Wildman–Crippen LogP) is 3.06. The van der Waals surface area contributed by atoms with Crippen molar-refractivity contribution in [2.24, 2.45) is 0 Å². The molecule has 0 amide bonds. The van der Waals surface area contributed by atoms with E-state index in [9.17, 15) is 4.79 Å². The molecule has 0 aromatic heterocycles. The Morgan fingerprint density at radius 3 is 2.46 bits per heavy atom. The van der Waals surface area contributed by atoms with E-state index in [4.69, 9.17) is 10.5 Å². The molecule has 3 rings (SSSR count). The number of anilines is 2. The van der Waals surface area contributed by atoms with Crippen molar-refractivity contribution in [3.05, 3.63) is 54.1 Å². The minimum atomic E-state index is 0.130. The highest BCUT2D eigenvalue weighted by molar-refractivity contribution is 5.97. The van der Waals surface area contributed by atoms with E-state index in [1.54, 1.807) is 18.2 Å². The number of carbonyl (C=O) groups is 1. The molecule has 0 bridgehead atoms. The zero-order valence-corrected chi connectivity index (χ0v) is 15.4. The predicted molar refractivity (Wildman–Crippen MR) is 106 cm³/mol. The van der Waals surface area contributed by atoms with Crippen LogP contribution in [0.1, 0.15) is 23.7 Å². The summed E-state index contributed by atoms with van der Waals surface area (Å²) in [6.45, 7) is 7.21. The first-order valence-electron chi connectivity index (χ1n) is 9.25. The van der Waals surface area contributed by atoms with Gasteiger partial charge in [-0.25, -0.2) is 0 Å². The first-order valence-corrected chi connectivity index (χ1v) is 9.25. The Bertz CT molecular complexity index is 725. The molecule has 0 saturated carbocycles. The van der Waals surface area contributed by atoms with Crippen LogP contribution in [0.2, 0.25) is 0 Å². The maximum atomic E-state index is 12.5. The molecule has 138 valence electrons. The first kappa shape index (κ1) is 18.3. The van der Waals surface area contributed by atoms with Crippen molar-refractivity contribution >= 4 is 17.2 Å². The van der Waals surface area contributed by atoms with Crippen LogP contribution in [-0.4, -0.2) is 50.0 Å². The number of rotatable bonds is 7. The first-order chi connectivity index (χ1) is 12.7. The average Bonchev–Trinajstić information content (AvgIpc) is 2.69. The summed E-state index contributed by atoms with van der Waals surface area (Å²) in [5.41, 5.74) is 8.42. The van der Waals surface area contributed by atoms with Gasteiger partial charge in [-0.05, 0) is 37.3 Å². The molecule has 1 saturated heterocycles. The Kier molecular flexibility index (Phi) is 6.12. The summed E-state index contributed by atoms with van der Waals surface area (Å²) >= 11 is 0. The number of nitrogens with zero attached hydrogens (tertiary/aromatic N) is 2. The lowest BCUT2D eigenvalue weighted by molar-refractivity contribution is 0.0962. The number of nitrogen functional groups attached to an aromatic ring is 1. The molecule has 2 aromatic carbocycles. The van der Waals surface area contributed by atoms with E-state index < -0.39 is 0 Å². The van der Waals surface area contributed by atoms with E-state index in [0.29, 0.717) is 30.0 Å². The lowest BCUT2D eigenvalue weighted by Gasteiger charge is -2.36. The van der Waals surface area contributed by atoms with Gasteiger partial charge in [0.25, 0.3) is 0 Å². The number of hydrogen-bond donors (Lipinski definition) is 1. The van der Waals surface area contributed by atoms with Gasteiger partial charge >= 0.3 is 0 Å². The standard InChI is InChI=1S/C21H27N3O2/c1-2-26-21-9-8-17(16-19(21)22)20(25)10-11-23-12-14-24(15-13-23)18-6-4-3-5-7-18/h3-9,16H,2,10-15,22H2,1H3. The maximum Gasteiger partial charge on any atom is 0.164 e. The summed E-state index contributed by atoms with van der Waals surface area (Å²) < 4.78 is 5.42. The van der Waals surface area contributed by atoms with Crippen molar-refractivity contribution in [1.29, 1.82) is 0 Å². The molecule has 5 heteroatoms. The lowest BCUT2D eigenvalue weighted by Crippen LogP contribution is -2.46. The number of ether oxygens (including phenoxy) is 1. The second-order valence-electron chi connectivity index (χ2n) is 6.52. The van der Waals surface area contributed by atoms with Gasteiger partial charge in [0.05, 0.1) is 12.3 Å². The van der Waals surface area contributed by atoms with Crippen LogP contribution in [0.25, 0.3) is 0 Å². The summed E-state index contributed by atoms with van der Waals surface area (Å²) in [7, 11) is 0. The largest absolute Gasteiger partial charge is 0.492 e. The van der Waals surface area contributed by atoms with Gasteiger partial charge in [0.2, 0.25) is 0 Å². The van der Waals surface area contributed by atoms with Crippen molar-refractivity contribution < 1.29 is 9.53 Å². The van der Waals surface area contributed by atoms with Gasteiger partial charge in [-0.1, -0.05) is 18.2 Å². The Morgan fingerprint density at radius 2 is 1.81 bits per heavy atom. The van der Waals surface area contributed by atoms with Crippen molar-refractivity contribution in [3.8, 4) is 5.75 Å².